The Morgan fingerprint density at radius 1 is 1.10 bits per heavy atom. The van der Waals surface area contributed by atoms with Crippen molar-refractivity contribution < 1.29 is 18.7 Å². The van der Waals surface area contributed by atoms with Crippen LogP contribution in [0.5, 0.6) is 0 Å². The molecule has 2 fully saturated rings. The molecule has 2 saturated heterocycles. The molecule has 2 N–H and O–H groups in total. The average molecular weight is 674 g/mol. The van der Waals surface area contributed by atoms with Crippen LogP contribution in [0.3, 0.4) is 0 Å². The number of likely N-dealkylation sites (tertiary alicyclic amines) is 1. The highest BCUT2D eigenvalue weighted by atomic mass is 19.1. The van der Waals surface area contributed by atoms with E-state index in [0.717, 1.165) is 68.9 Å². The Morgan fingerprint density at radius 3 is 2.53 bits per heavy atom. The van der Waals surface area contributed by atoms with Crippen molar-refractivity contribution in [3.05, 3.63) is 82.9 Å². The van der Waals surface area contributed by atoms with Gasteiger partial charge in [0.2, 0.25) is 5.91 Å². The van der Waals surface area contributed by atoms with Crippen LogP contribution in [0.2, 0.25) is 0 Å². The molecule has 0 atom stereocenters. The van der Waals surface area contributed by atoms with Gasteiger partial charge >= 0.3 is 0 Å². The lowest BCUT2D eigenvalue weighted by Gasteiger charge is -2.32. The second kappa shape index (κ2) is 19.0. The third kappa shape index (κ3) is 11.1. The number of nitrogens with one attached hydrogen (secondary N) is 2. The number of ether oxygens (including phenoxy) is 1. The number of aryl methyl sites for hydroxylation is 1. The fourth-order valence-corrected chi connectivity index (χ4v) is 6.11. The summed E-state index contributed by atoms with van der Waals surface area (Å²) in [5.41, 5.74) is 4.75. The number of rotatable bonds is 15. The van der Waals surface area contributed by atoms with Crippen molar-refractivity contribution in [2.24, 2.45) is 0 Å². The number of carbonyl (C=O) groups excluding carboxylic acids is 2. The fourth-order valence-electron chi connectivity index (χ4n) is 6.11. The number of unbranched alkanes of at least 4 members (excludes halogenated alkanes) is 1. The van der Waals surface area contributed by atoms with Crippen LogP contribution in [0.4, 0.5) is 10.1 Å². The van der Waals surface area contributed by atoms with Crippen LogP contribution in [0.25, 0.3) is 11.3 Å². The van der Waals surface area contributed by atoms with Crippen molar-refractivity contribution in [3.8, 4) is 11.3 Å². The number of aromatic nitrogens is 2. The van der Waals surface area contributed by atoms with Gasteiger partial charge in [-0.05, 0) is 75.6 Å². The maximum absolute atomic E-state index is 15.1. The number of anilines is 1. The van der Waals surface area contributed by atoms with Gasteiger partial charge in [-0.15, -0.1) is 5.10 Å². The Hall–Kier alpha value is -4.31. The number of amides is 1. The topological polar surface area (TPSA) is 103 Å². The smallest absolute Gasteiger partial charge is 0.277 e. The first kappa shape index (κ1) is 37.5. The number of nitrogens with zero attached hydrogens (tertiary/aromatic N) is 5. The Morgan fingerprint density at radius 2 is 1.86 bits per heavy atom. The summed E-state index contributed by atoms with van der Waals surface area (Å²) < 4.78 is 20.4. The Balaban J connectivity index is 1.62. The number of piperidine rings is 1. The van der Waals surface area contributed by atoms with Crippen LogP contribution in [0.1, 0.15) is 70.1 Å². The van der Waals surface area contributed by atoms with Crippen molar-refractivity contribution in [3.63, 3.8) is 0 Å². The summed E-state index contributed by atoms with van der Waals surface area (Å²) in [7, 11) is 3.59. The van der Waals surface area contributed by atoms with Crippen LogP contribution in [0.15, 0.2) is 65.8 Å². The minimum absolute atomic E-state index is 0.0278. The van der Waals surface area contributed by atoms with Crippen LogP contribution in [-0.4, -0.2) is 96.7 Å². The predicted octanol–water partition coefficient (Wildman–Crippen LogP) is 5.65. The lowest BCUT2D eigenvalue weighted by atomic mass is 9.92. The van der Waals surface area contributed by atoms with Crippen molar-refractivity contribution >= 4 is 17.5 Å². The molecule has 4 rings (SSSR count). The van der Waals surface area contributed by atoms with E-state index < -0.39 is 0 Å². The number of benzene rings is 1. The molecule has 2 aliphatic rings. The van der Waals surface area contributed by atoms with Gasteiger partial charge in [0.15, 0.2) is 5.94 Å². The molecule has 0 bridgehead atoms. The third-order valence-electron chi connectivity index (χ3n) is 9.09. The van der Waals surface area contributed by atoms with Crippen LogP contribution >= 0.6 is 0 Å². The number of halogens is 1. The van der Waals surface area contributed by atoms with Crippen molar-refractivity contribution in [2.45, 2.75) is 65.2 Å². The molecule has 49 heavy (non-hydrogen) atoms. The lowest BCUT2D eigenvalue weighted by molar-refractivity contribution is -0.120. The molecule has 0 saturated carbocycles. The molecule has 1 amide bonds. The molecular weight excluding hydrogens is 621 g/mol. The number of hydrogen-bond donors (Lipinski definition) is 2. The minimum Gasteiger partial charge on any atom is -0.474 e. The standard InChI is InChI=1S/C38H52FN7O3/c1-6-8-9-10-11-31(24-28(3)40-36(48)16-17-45-22-20-44(4)21-23-45)41-35-26-34(32-25-29(7-2)12-13-33(32)39)42-43-38(35)30-14-18-46(19-15-30)37(27-47)49-5/h9-13,24-26,30H,6-8,14-23H2,1-5H3,(H,40,48)(H,41,42)/b10-9+,28-24+,31-11+. The largest absolute Gasteiger partial charge is 0.474 e. The highest BCUT2D eigenvalue weighted by Gasteiger charge is 2.27. The molecule has 1 aromatic carbocycles. The molecule has 0 spiro atoms. The van der Waals surface area contributed by atoms with E-state index in [1.54, 1.807) is 6.07 Å². The molecule has 0 unspecified atom stereocenters. The van der Waals surface area contributed by atoms with Gasteiger partial charge in [-0.3, -0.25) is 4.79 Å². The second-order valence-corrected chi connectivity index (χ2v) is 12.8. The molecule has 2 aromatic rings. The van der Waals surface area contributed by atoms with Gasteiger partial charge in [-0.25, -0.2) is 9.18 Å². The van der Waals surface area contributed by atoms with Crippen molar-refractivity contribution in [1.29, 1.82) is 0 Å². The molecule has 1 aromatic heterocycles. The first-order valence-electron chi connectivity index (χ1n) is 17.5. The molecular formula is C38H52FN7O3. The van der Waals surface area contributed by atoms with Crippen LogP contribution < -0.4 is 10.6 Å². The number of likely N-dealkylation sites (N-methyl/N-ethyl adjacent to an activating group) is 1. The maximum atomic E-state index is 15.1. The monoisotopic (exact) mass is 673 g/mol. The van der Waals surface area contributed by atoms with E-state index in [-0.39, 0.29) is 23.5 Å². The number of methoxy groups -OCH3 is 1. The fraction of sp³-hybridized carbons (Fsp3) is 0.500. The van der Waals surface area contributed by atoms with Gasteiger partial charge in [0.1, 0.15) is 5.82 Å². The van der Waals surface area contributed by atoms with Gasteiger partial charge in [-0.2, -0.15) is 5.10 Å². The highest BCUT2D eigenvalue weighted by molar-refractivity contribution is 5.78. The minimum atomic E-state index is -0.362. The van der Waals surface area contributed by atoms with Crippen molar-refractivity contribution in [2.75, 3.05) is 65.3 Å². The van der Waals surface area contributed by atoms with E-state index >= 15 is 4.39 Å². The summed E-state index contributed by atoms with van der Waals surface area (Å²) in [6.07, 6.45) is 12.6. The van der Waals surface area contributed by atoms with E-state index in [2.05, 4.69) is 45.6 Å². The Kier molecular flexibility index (Phi) is 14.6. The van der Waals surface area contributed by atoms with Crippen LogP contribution in [0, 0.1) is 5.82 Å². The summed E-state index contributed by atoms with van der Waals surface area (Å²) in [6.45, 7) is 11.9. The SMILES string of the molecule is CCC/C=C/C=C(\C=C(/C)NC(=O)CCN1CCN(C)CC1)Nc1cc(-c2cc(CC)ccc2F)nnc1C1CCN(C(=C=O)OC)CC1. The first-order valence-corrected chi connectivity index (χ1v) is 17.5. The molecule has 11 heteroatoms. The van der Waals surface area contributed by atoms with Crippen LogP contribution in [-0.2, 0) is 20.7 Å². The summed E-state index contributed by atoms with van der Waals surface area (Å²) in [5.74, 6) is 1.72. The molecule has 3 heterocycles. The Bertz CT molecular complexity index is 1550. The quantitative estimate of drug-likeness (QED) is 0.141. The van der Waals surface area contributed by atoms with Gasteiger partial charge < -0.3 is 30.1 Å². The molecule has 2 aliphatic heterocycles. The zero-order valence-electron chi connectivity index (χ0n) is 29.7. The van der Waals surface area contributed by atoms with E-state index in [1.807, 2.05) is 55.0 Å². The van der Waals surface area contributed by atoms with Gasteiger partial charge in [-0.1, -0.05) is 38.5 Å². The molecule has 10 nitrogen and oxygen atoms in total. The van der Waals surface area contributed by atoms with Gasteiger partial charge in [0.25, 0.3) is 5.88 Å². The maximum Gasteiger partial charge on any atom is 0.277 e. The zero-order chi connectivity index (χ0) is 35.2. The second-order valence-electron chi connectivity index (χ2n) is 12.8. The van der Waals surface area contributed by atoms with Crippen molar-refractivity contribution in [1.82, 2.24) is 30.2 Å². The predicted molar refractivity (Wildman–Crippen MR) is 193 cm³/mol. The highest BCUT2D eigenvalue weighted by Crippen LogP contribution is 2.35. The van der Waals surface area contributed by atoms with E-state index in [9.17, 15) is 9.59 Å². The molecule has 0 radical (unpaired) electrons. The van der Waals surface area contributed by atoms with E-state index in [1.165, 1.54) is 13.2 Å². The van der Waals surface area contributed by atoms with E-state index in [0.29, 0.717) is 55.0 Å². The summed E-state index contributed by atoms with van der Waals surface area (Å²) in [5, 5.41) is 15.8. The number of carbonyl (C=O) groups is 1. The Labute approximate surface area is 290 Å². The molecule has 264 valence electrons. The number of allylic oxidation sites excluding steroid dienone is 5. The first-order chi connectivity index (χ1) is 23.7. The lowest BCUT2D eigenvalue weighted by Crippen LogP contribution is -2.45. The third-order valence-corrected chi connectivity index (χ3v) is 9.09. The number of piperazine rings is 1. The normalized spacial score (nSPS) is 16.9. The summed E-state index contributed by atoms with van der Waals surface area (Å²) in [6, 6.07) is 6.94. The average Bonchev–Trinajstić information content (AvgIpc) is 3.11. The zero-order valence-corrected chi connectivity index (χ0v) is 29.7. The molecule has 0 aliphatic carbocycles. The number of hydrogen-bond acceptors (Lipinski definition) is 9. The van der Waals surface area contributed by atoms with E-state index in [4.69, 9.17) is 9.84 Å². The summed E-state index contributed by atoms with van der Waals surface area (Å²) >= 11 is 0. The van der Waals surface area contributed by atoms with Gasteiger partial charge in [0, 0.05) is 75.1 Å². The van der Waals surface area contributed by atoms with Gasteiger partial charge in [0.05, 0.1) is 24.2 Å². The summed E-state index contributed by atoms with van der Waals surface area (Å²) in [4.78, 5) is 30.8.